The van der Waals surface area contributed by atoms with Crippen LogP contribution in [0.15, 0.2) is 23.7 Å². The second kappa shape index (κ2) is 3.94. The number of carbonyl (C=O) groups excluding carboxylic acids is 1. The molecule has 5 nitrogen and oxygen atoms in total. The molecule has 84 valence electrons. The number of cyclic esters (lactones) is 1. The first kappa shape index (κ1) is 11.6. The number of carbonyl (C=O) groups is 1. The zero-order valence-corrected chi connectivity index (χ0v) is 8.99. The number of rotatable bonds is 2. The Labute approximate surface area is 87.9 Å². The van der Waals surface area contributed by atoms with Gasteiger partial charge in [0.15, 0.2) is 0 Å². The summed E-state index contributed by atoms with van der Waals surface area (Å²) in [4.78, 5) is 11.5. The number of aliphatic hydroxyl groups is 1. The minimum atomic E-state index is -1.05. The molecule has 0 spiro atoms. The molecule has 1 rings (SSSR count). The van der Waals surface area contributed by atoms with Crippen molar-refractivity contribution in [1.82, 2.24) is 0 Å². The molecule has 15 heavy (non-hydrogen) atoms. The largest absolute Gasteiger partial charge is 0.509 e. The lowest BCUT2D eigenvalue weighted by Gasteiger charge is -2.32. The average Bonchev–Trinajstić information content (AvgIpc) is 1.99. The van der Waals surface area contributed by atoms with Gasteiger partial charge in [-0.1, -0.05) is 6.58 Å². The highest BCUT2D eigenvalue weighted by Gasteiger charge is 2.37. The third-order valence-electron chi connectivity index (χ3n) is 1.76. The highest BCUT2D eigenvalue weighted by Crippen LogP contribution is 2.29. The Bertz CT molecular complexity index is 305. The molecule has 1 aliphatic heterocycles. The van der Waals surface area contributed by atoms with E-state index in [0.29, 0.717) is 0 Å². The van der Waals surface area contributed by atoms with Crippen molar-refractivity contribution in [3.05, 3.63) is 23.7 Å². The van der Waals surface area contributed by atoms with Gasteiger partial charge in [-0.15, -0.1) is 0 Å². The summed E-state index contributed by atoms with van der Waals surface area (Å²) in [6.07, 6.45) is 0. The monoisotopic (exact) mass is 214 g/mol. The van der Waals surface area contributed by atoms with Crippen LogP contribution in [-0.4, -0.2) is 30.6 Å². The first-order valence-corrected chi connectivity index (χ1v) is 4.40. The molecule has 1 fully saturated rings. The SMILES string of the molecule is C=C1OC(C)(C)OC(=O)/C1=C(\O)COC. The van der Waals surface area contributed by atoms with Crippen LogP contribution in [0, 0.1) is 0 Å². The number of esters is 1. The van der Waals surface area contributed by atoms with E-state index in [-0.39, 0.29) is 23.7 Å². The quantitative estimate of drug-likeness (QED) is 0.426. The summed E-state index contributed by atoms with van der Waals surface area (Å²) >= 11 is 0. The highest BCUT2D eigenvalue weighted by atomic mass is 16.7. The Morgan fingerprint density at radius 1 is 1.53 bits per heavy atom. The van der Waals surface area contributed by atoms with Crippen LogP contribution in [0.4, 0.5) is 0 Å². The normalized spacial score (nSPS) is 23.1. The van der Waals surface area contributed by atoms with Crippen molar-refractivity contribution in [2.75, 3.05) is 13.7 Å². The van der Waals surface area contributed by atoms with Gasteiger partial charge in [-0.3, -0.25) is 0 Å². The minimum absolute atomic E-state index is 0.0730. The molecule has 0 amide bonds. The van der Waals surface area contributed by atoms with Gasteiger partial charge in [0.25, 0.3) is 0 Å². The third kappa shape index (κ3) is 2.50. The van der Waals surface area contributed by atoms with E-state index in [0.717, 1.165) is 0 Å². The van der Waals surface area contributed by atoms with E-state index in [1.54, 1.807) is 13.8 Å². The van der Waals surface area contributed by atoms with Crippen molar-refractivity contribution in [3.8, 4) is 0 Å². The minimum Gasteiger partial charge on any atom is -0.509 e. The molecule has 0 aromatic heterocycles. The highest BCUT2D eigenvalue weighted by molar-refractivity contribution is 5.94. The molecule has 0 atom stereocenters. The molecule has 0 aliphatic carbocycles. The van der Waals surface area contributed by atoms with Crippen molar-refractivity contribution in [2.45, 2.75) is 19.6 Å². The van der Waals surface area contributed by atoms with Crippen molar-refractivity contribution in [1.29, 1.82) is 0 Å². The molecular weight excluding hydrogens is 200 g/mol. The molecule has 1 aliphatic rings. The lowest BCUT2D eigenvalue weighted by Crippen LogP contribution is -2.38. The predicted molar refractivity (Wildman–Crippen MR) is 51.9 cm³/mol. The summed E-state index contributed by atoms with van der Waals surface area (Å²) < 4.78 is 14.8. The molecule has 0 aromatic carbocycles. The van der Waals surface area contributed by atoms with Gasteiger partial charge < -0.3 is 19.3 Å². The third-order valence-corrected chi connectivity index (χ3v) is 1.76. The summed E-state index contributed by atoms with van der Waals surface area (Å²) in [5.41, 5.74) is -0.0730. The van der Waals surface area contributed by atoms with Crippen LogP contribution in [0.1, 0.15) is 13.8 Å². The maximum Gasteiger partial charge on any atom is 0.348 e. The zero-order valence-electron chi connectivity index (χ0n) is 8.99. The van der Waals surface area contributed by atoms with Gasteiger partial charge >= 0.3 is 5.97 Å². The van der Waals surface area contributed by atoms with Crippen LogP contribution in [0.2, 0.25) is 0 Å². The van der Waals surface area contributed by atoms with Gasteiger partial charge in [0.2, 0.25) is 5.79 Å². The average molecular weight is 214 g/mol. The van der Waals surface area contributed by atoms with E-state index in [9.17, 15) is 9.90 Å². The zero-order chi connectivity index (χ0) is 11.6. The fourth-order valence-electron chi connectivity index (χ4n) is 1.24. The maximum absolute atomic E-state index is 11.5. The van der Waals surface area contributed by atoms with Crippen LogP contribution >= 0.6 is 0 Å². The van der Waals surface area contributed by atoms with E-state index in [2.05, 4.69) is 6.58 Å². The Morgan fingerprint density at radius 2 is 2.13 bits per heavy atom. The molecule has 0 radical (unpaired) electrons. The molecule has 5 heteroatoms. The maximum atomic E-state index is 11.5. The lowest BCUT2D eigenvalue weighted by atomic mass is 10.1. The Hall–Kier alpha value is -1.49. The second-order valence-electron chi connectivity index (χ2n) is 3.57. The second-order valence-corrected chi connectivity index (χ2v) is 3.57. The van der Waals surface area contributed by atoms with Gasteiger partial charge in [-0.05, 0) is 0 Å². The van der Waals surface area contributed by atoms with Crippen LogP contribution < -0.4 is 0 Å². The van der Waals surface area contributed by atoms with Crippen LogP contribution in [0.25, 0.3) is 0 Å². The van der Waals surface area contributed by atoms with Crippen LogP contribution in [-0.2, 0) is 19.0 Å². The van der Waals surface area contributed by atoms with E-state index in [1.165, 1.54) is 7.11 Å². The Balaban J connectivity index is 2.98. The first-order chi connectivity index (χ1) is 6.87. The summed E-state index contributed by atoms with van der Waals surface area (Å²) in [5.74, 6) is -1.87. The van der Waals surface area contributed by atoms with Crippen molar-refractivity contribution < 1.29 is 24.1 Å². The van der Waals surface area contributed by atoms with Gasteiger partial charge in [-0.2, -0.15) is 0 Å². The van der Waals surface area contributed by atoms with Gasteiger partial charge in [0, 0.05) is 21.0 Å². The van der Waals surface area contributed by atoms with Crippen molar-refractivity contribution in [2.24, 2.45) is 0 Å². The summed E-state index contributed by atoms with van der Waals surface area (Å²) in [6.45, 7) is 6.63. The standard InChI is InChI=1S/C10H14O5/c1-6-8(7(11)5-13-4)9(12)15-10(2,3)14-6/h11H,1,5H2,2-4H3/b8-7-. The van der Waals surface area contributed by atoms with E-state index in [4.69, 9.17) is 14.2 Å². The van der Waals surface area contributed by atoms with E-state index in [1.807, 2.05) is 0 Å². The molecule has 0 bridgehead atoms. The number of ether oxygens (including phenoxy) is 3. The molecule has 0 saturated carbocycles. The molecular formula is C10H14O5. The van der Waals surface area contributed by atoms with Gasteiger partial charge in [-0.25, -0.2) is 4.79 Å². The summed E-state index contributed by atoms with van der Waals surface area (Å²) in [5, 5.41) is 9.50. The van der Waals surface area contributed by atoms with Crippen LogP contribution in [0.5, 0.6) is 0 Å². The summed E-state index contributed by atoms with van der Waals surface area (Å²) in [6, 6.07) is 0. The molecule has 0 unspecified atom stereocenters. The Kier molecular flexibility index (Phi) is 3.04. The molecule has 1 saturated heterocycles. The van der Waals surface area contributed by atoms with Crippen molar-refractivity contribution >= 4 is 5.97 Å². The van der Waals surface area contributed by atoms with Crippen molar-refractivity contribution in [3.63, 3.8) is 0 Å². The van der Waals surface area contributed by atoms with E-state index >= 15 is 0 Å². The summed E-state index contributed by atoms with van der Waals surface area (Å²) in [7, 11) is 1.40. The number of aliphatic hydroxyl groups excluding tert-OH is 1. The number of hydrogen-bond donors (Lipinski definition) is 1. The van der Waals surface area contributed by atoms with Crippen LogP contribution in [0.3, 0.4) is 0 Å². The molecule has 1 heterocycles. The number of methoxy groups -OCH3 is 1. The fraction of sp³-hybridized carbons (Fsp3) is 0.500. The van der Waals surface area contributed by atoms with E-state index < -0.39 is 11.8 Å². The lowest BCUT2D eigenvalue weighted by molar-refractivity contribution is -0.208. The molecule has 1 N–H and O–H groups in total. The first-order valence-electron chi connectivity index (χ1n) is 4.40. The topological polar surface area (TPSA) is 65.0 Å². The fourth-order valence-corrected chi connectivity index (χ4v) is 1.24. The van der Waals surface area contributed by atoms with Gasteiger partial charge in [0.1, 0.15) is 23.7 Å². The molecule has 0 aromatic rings. The smallest absolute Gasteiger partial charge is 0.348 e. The number of hydrogen-bond acceptors (Lipinski definition) is 5. The van der Waals surface area contributed by atoms with Gasteiger partial charge in [0.05, 0.1) is 0 Å². The Morgan fingerprint density at radius 3 is 2.60 bits per heavy atom. The predicted octanol–water partition coefficient (Wildman–Crippen LogP) is 1.27.